The fraction of sp³-hybridized carbons (Fsp3) is 0.143. The molecule has 0 heterocycles. The topological polar surface area (TPSA) is 97.5 Å². The van der Waals surface area contributed by atoms with E-state index >= 15 is 0 Å². The Balaban J connectivity index is 3.00. The molecule has 0 bridgehead atoms. The van der Waals surface area contributed by atoms with Crippen LogP contribution in [-0.2, 0) is 9.59 Å². The highest BCUT2D eigenvalue weighted by atomic mass is 16.6. The van der Waals surface area contributed by atoms with Crippen LogP contribution in [0.2, 0.25) is 0 Å². The van der Waals surface area contributed by atoms with Gasteiger partial charge in [0.15, 0.2) is 0 Å². The van der Waals surface area contributed by atoms with Gasteiger partial charge in [0.2, 0.25) is 0 Å². The van der Waals surface area contributed by atoms with E-state index in [2.05, 4.69) is 0 Å². The zero-order chi connectivity index (χ0) is 10.0. The lowest BCUT2D eigenvalue weighted by molar-refractivity contribution is -0.419. The monoisotopic (exact) mass is 183 g/mol. The molecule has 0 aromatic rings. The molecule has 0 saturated carbocycles. The first kappa shape index (κ1) is 9.11. The van der Waals surface area contributed by atoms with Crippen LogP contribution < -0.4 is 0 Å². The van der Waals surface area contributed by atoms with E-state index < -0.39 is 28.3 Å². The molecule has 1 aliphatic carbocycles. The summed E-state index contributed by atoms with van der Waals surface area (Å²) in [6, 6.07) is 0. The van der Waals surface area contributed by atoms with Gasteiger partial charge in [0.1, 0.15) is 5.92 Å². The zero-order valence-corrected chi connectivity index (χ0v) is 6.34. The molecule has 1 atom stereocenters. The standard InChI is InChI=1S/C7H5NO5/c9-6-4(7(10)11)2-1-3-5(6)8(12)13/h1-4H,(H,10,11). The van der Waals surface area contributed by atoms with Crippen LogP contribution >= 0.6 is 0 Å². The number of nitro groups is 1. The Hall–Kier alpha value is -1.98. The largest absolute Gasteiger partial charge is 0.480 e. The number of carboxylic acids is 1. The Morgan fingerprint density at radius 2 is 2.23 bits per heavy atom. The summed E-state index contributed by atoms with van der Waals surface area (Å²) in [7, 11) is 0. The van der Waals surface area contributed by atoms with E-state index in [0.717, 1.165) is 12.2 Å². The molecular weight excluding hydrogens is 178 g/mol. The Labute approximate surface area is 72.3 Å². The third-order valence-corrected chi connectivity index (χ3v) is 1.56. The van der Waals surface area contributed by atoms with Gasteiger partial charge in [-0.05, 0) is 0 Å². The van der Waals surface area contributed by atoms with E-state index in [4.69, 9.17) is 5.11 Å². The summed E-state index contributed by atoms with van der Waals surface area (Å²) in [5.74, 6) is -3.79. The summed E-state index contributed by atoms with van der Waals surface area (Å²) >= 11 is 0. The van der Waals surface area contributed by atoms with Crippen molar-refractivity contribution in [3.63, 3.8) is 0 Å². The maximum atomic E-state index is 11.1. The van der Waals surface area contributed by atoms with Gasteiger partial charge < -0.3 is 5.11 Å². The molecule has 1 unspecified atom stereocenters. The lowest BCUT2D eigenvalue weighted by Crippen LogP contribution is -2.27. The first-order chi connectivity index (χ1) is 6.04. The van der Waals surface area contributed by atoms with Crippen molar-refractivity contribution in [1.29, 1.82) is 0 Å². The SMILES string of the molecule is O=C(O)C1C=CC=C([N+](=O)[O-])C1=O. The highest BCUT2D eigenvalue weighted by molar-refractivity contribution is 6.08. The van der Waals surface area contributed by atoms with Crippen molar-refractivity contribution in [2.45, 2.75) is 0 Å². The maximum Gasteiger partial charge on any atom is 0.318 e. The lowest BCUT2D eigenvalue weighted by atomic mass is 9.97. The lowest BCUT2D eigenvalue weighted by Gasteiger charge is -2.06. The number of carbonyl (C=O) groups is 2. The van der Waals surface area contributed by atoms with Crippen LogP contribution in [0.1, 0.15) is 0 Å². The summed E-state index contributed by atoms with van der Waals surface area (Å²) in [4.78, 5) is 30.8. The van der Waals surface area contributed by atoms with E-state index in [1.165, 1.54) is 6.08 Å². The van der Waals surface area contributed by atoms with Crippen molar-refractivity contribution < 1.29 is 19.6 Å². The van der Waals surface area contributed by atoms with Gasteiger partial charge in [0, 0.05) is 6.08 Å². The molecule has 68 valence electrons. The van der Waals surface area contributed by atoms with Crippen LogP contribution in [-0.4, -0.2) is 21.8 Å². The van der Waals surface area contributed by atoms with Crippen molar-refractivity contribution in [2.24, 2.45) is 5.92 Å². The van der Waals surface area contributed by atoms with Crippen molar-refractivity contribution >= 4 is 11.8 Å². The number of carbonyl (C=O) groups excluding carboxylic acids is 1. The summed E-state index contributed by atoms with van der Waals surface area (Å²) < 4.78 is 0. The number of Topliss-reactive ketones (excluding diaryl/α,β-unsaturated/α-hetero) is 1. The Bertz CT molecular complexity index is 341. The molecule has 6 nitrogen and oxygen atoms in total. The molecule has 1 rings (SSSR count). The molecule has 0 fully saturated rings. The van der Waals surface area contributed by atoms with Crippen LogP contribution in [0.4, 0.5) is 0 Å². The molecule has 0 amide bonds. The number of carboxylic acid groups (broad SMARTS) is 1. The molecule has 0 aromatic carbocycles. The van der Waals surface area contributed by atoms with Crippen LogP contribution in [0, 0.1) is 16.0 Å². The number of rotatable bonds is 2. The minimum atomic E-state index is -1.43. The molecule has 0 saturated heterocycles. The van der Waals surface area contributed by atoms with Gasteiger partial charge in [-0.15, -0.1) is 0 Å². The molecule has 0 aliphatic heterocycles. The van der Waals surface area contributed by atoms with Crippen LogP contribution in [0.5, 0.6) is 0 Å². The van der Waals surface area contributed by atoms with Gasteiger partial charge in [0.05, 0.1) is 4.92 Å². The number of nitrogens with zero attached hydrogens (tertiary/aromatic N) is 1. The van der Waals surface area contributed by atoms with Gasteiger partial charge in [-0.2, -0.15) is 0 Å². The smallest absolute Gasteiger partial charge is 0.318 e. The first-order valence-corrected chi connectivity index (χ1v) is 3.34. The van der Waals surface area contributed by atoms with Gasteiger partial charge in [-0.3, -0.25) is 19.7 Å². The van der Waals surface area contributed by atoms with Gasteiger partial charge >= 0.3 is 11.7 Å². The van der Waals surface area contributed by atoms with Crippen LogP contribution in [0.15, 0.2) is 23.9 Å². The highest BCUT2D eigenvalue weighted by Gasteiger charge is 2.34. The normalized spacial score (nSPS) is 21.1. The Kier molecular flexibility index (Phi) is 2.23. The van der Waals surface area contributed by atoms with Gasteiger partial charge in [-0.25, -0.2) is 0 Å². The molecule has 0 aromatic heterocycles. The zero-order valence-electron chi connectivity index (χ0n) is 6.34. The van der Waals surface area contributed by atoms with Crippen molar-refractivity contribution in [2.75, 3.05) is 0 Å². The van der Waals surface area contributed by atoms with E-state index in [-0.39, 0.29) is 0 Å². The molecule has 0 radical (unpaired) electrons. The average Bonchev–Trinajstić information content (AvgIpc) is 2.03. The fourth-order valence-electron chi connectivity index (χ4n) is 0.932. The quantitative estimate of drug-likeness (QED) is 0.368. The highest BCUT2D eigenvalue weighted by Crippen LogP contribution is 2.14. The first-order valence-electron chi connectivity index (χ1n) is 3.34. The van der Waals surface area contributed by atoms with Gasteiger partial charge in [0.25, 0.3) is 5.78 Å². The number of allylic oxidation sites excluding steroid dienone is 3. The minimum absolute atomic E-state index is 0.685. The second-order valence-electron chi connectivity index (χ2n) is 2.37. The number of hydrogen-bond acceptors (Lipinski definition) is 4. The summed E-state index contributed by atoms with van der Waals surface area (Å²) in [5.41, 5.74) is -0.685. The number of hydrogen-bond donors (Lipinski definition) is 1. The number of aliphatic carboxylic acids is 1. The molecule has 13 heavy (non-hydrogen) atoms. The Morgan fingerprint density at radius 3 is 2.69 bits per heavy atom. The fourth-order valence-corrected chi connectivity index (χ4v) is 0.932. The molecule has 1 N–H and O–H groups in total. The molecule has 6 heteroatoms. The maximum absolute atomic E-state index is 11.1. The predicted molar refractivity (Wildman–Crippen MR) is 40.4 cm³/mol. The summed E-state index contributed by atoms with van der Waals surface area (Å²) in [5, 5.41) is 18.7. The predicted octanol–water partition coefficient (Wildman–Crippen LogP) is -0.0133. The second kappa shape index (κ2) is 3.18. The molecule has 0 spiro atoms. The molecule has 1 aliphatic rings. The third-order valence-electron chi connectivity index (χ3n) is 1.56. The van der Waals surface area contributed by atoms with Crippen molar-refractivity contribution in [3.05, 3.63) is 34.0 Å². The van der Waals surface area contributed by atoms with E-state index in [1.54, 1.807) is 0 Å². The second-order valence-corrected chi connectivity index (χ2v) is 2.37. The van der Waals surface area contributed by atoms with Crippen LogP contribution in [0.3, 0.4) is 0 Å². The Morgan fingerprint density at radius 1 is 1.62 bits per heavy atom. The summed E-state index contributed by atoms with van der Waals surface area (Å²) in [6.45, 7) is 0. The van der Waals surface area contributed by atoms with Gasteiger partial charge in [-0.1, -0.05) is 12.2 Å². The minimum Gasteiger partial charge on any atom is -0.480 e. The molecular formula is C7H5NO5. The van der Waals surface area contributed by atoms with Crippen molar-refractivity contribution in [3.8, 4) is 0 Å². The average molecular weight is 183 g/mol. The van der Waals surface area contributed by atoms with E-state index in [9.17, 15) is 19.7 Å². The van der Waals surface area contributed by atoms with Crippen molar-refractivity contribution in [1.82, 2.24) is 0 Å². The van der Waals surface area contributed by atoms with E-state index in [1.807, 2.05) is 0 Å². The summed E-state index contributed by atoms with van der Waals surface area (Å²) in [6.07, 6.45) is 3.29. The number of ketones is 1. The van der Waals surface area contributed by atoms with Crippen LogP contribution in [0.25, 0.3) is 0 Å². The third kappa shape index (κ3) is 1.61. The van der Waals surface area contributed by atoms with E-state index in [0.29, 0.717) is 0 Å².